The molecule has 23 heteroatoms. The van der Waals surface area contributed by atoms with Crippen molar-refractivity contribution < 1.29 is 72.1 Å². The number of benzene rings is 2. The summed E-state index contributed by atoms with van der Waals surface area (Å²) in [7, 11) is 6.24. The topological polar surface area (TPSA) is 311 Å². The Morgan fingerprint density at radius 3 is 1.98 bits per heavy atom. The maximum atomic E-state index is 14.9. The Hall–Kier alpha value is -7.11. The highest BCUT2D eigenvalue weighted by molar-refractivity contribution is 6.03. The van der Waals surface area contributed by atoms with E-state index in [0.29, 0.717) is 69.3 Å². The van der Waals surface area contributed by atoms with E-state index in [2.05, 4.69) is 16.0 Å². The average Bonchev–Trinajstić information content (AvgIpc) is 1.78. The fourth-order valence-electron chi connectivity index (χ4n) is 13.4. The molecular weight excluding hydrogens is 1220 g/mol. The van der Waals surface area contributed by atoms with Crippen molar-refractivity contribution in [3.05, 3.63) is 65.7 Å². The largest absolute Gasteiger partial charge is 0.445 e. The molecular formula is C72H112N8O15. The van der Waals surface area contributed by atoms with E-state index in [-0.39, 0.29) is 147 Å². The van der Waals surface area contributed by atoms with Crippen LogP contribution in [0.5, 0.6) is 0 Å². The van der Waals surface area contributed by atoms with Gasteiger partial charge in [0, 0.05) is 109 Å². The number of anilines is 1. The number of likely N-dealkylation sites (N-methyl/N-ethyl adjacent to an activating group) is 2. The number of ketones is 3. The van der Waals surface area contributed by atoms with Gasteiger partial charge in [0.25, 0.3) is 0 Å². The van der Waals surface area contributed by atoms with Crippen LogP contribution in [0.25, 0.3) is 0 Å². The second-order valence-electron chi connectivity index (χ2n) is 27.5. The Morgan fingerprint density at radius 1 is 0.747 bits per heavy atom. The molecule has 4 rings (SSSR count). The molecule has 0 saturated carbocycles. The third kappa shape index (κ3) is 23.6. The van der Waals surface area contributed by atoms with Gasteiger partial charge in [-0.15, -0.1) is 0 Å². The van der Waals surface area contributed by atoms with E-state index < -0.39 is 72.2 Å². The van der Waals surface area contributed by atoms with Crippen LogP contribution in [0.15, 0.2) is 54.6 Å². The highest BCUT2D eigenvalue weighted by Crippen LogP contribution is 2.34. The lowest BCUT2D eigenvalue weighted by atomic mass is 9.83. The number of amides is 9. The van der Waals surface area contributed by atoms with Gasteiger partial charge in [-0.2, -0.15) is 0 Å². The number of hydrogen-bond acceptors (Lipinski definition) is 15. The number of hydrogen-bond donors (Lipinski definition) is 5. The van der Waals surface area contributed by atoms with Gasteiger partial charge in [0.15, 0.2) is 11.6 Å². The molecule has 2 aliphatic heterocycles. The molecule has 23 nitrogen and oxygen atoms in total. The van der Waals surface area contributed by atoms with Gasteiger partial charge in [0.05, 0.1) is 48.9 Å². The van der Waals surface area contributed by atoms with E-state index in [9.17, 15) is 57.8 Å². The van der Waals surface area contributed by atoms with Gasteiger partial charge in [0.2, 0.25) is 35.4 Å². The molecule has 9 amide bonds. The predicted molar refractivity (Wildman–Crippen MR) is 362 cm³/mol. The summed E-state index contributed by atoms with van der Waals surface area (Å²) in [5, 5.41) is 19.2. The Kier molecular flexibility index (Phi) is 33.1. The van der Waals surface area contributed by atoms with Gasteiger partial charge in [-0.05, 0) is 91.4 Å². The molecule has 2 aliphatic rings. The average molecular weight is 1330 g/mol. The number of primary amides is 1. The van der Waals surface area contributed by atoms with Crippen LogP contribution in [0.1, 0.15) is 183 Å². The highest BCUT2D eigenvalue weighted by atomic mass is 16.6. The van der Waals surface area contributed by atoms with Crippen molar-refractivity contribution in [2.75, 3.05) is 53.3 Å². The van der Waals surface area contributed by atoms with Gasteiger partial charge in [-0.25, -0.2) is 9.59 Å². The predicted octanol–water partition coefficient (Wildman–Crippen LogP) is 8.82. The number of aliphatic hydroxyl groups excluding tert-OH is 1. The van der Waals surface area contributed by atoms with Crippen molar-refractivity contribution in [3.8, 4) is 0 Å². The van der Waals surface area contributed by atoms with Gasteiger partial charge in [-0.1, -0.05) is 131 Å². The number of Topliss-reactive ketones (excluding diaryl/α,β-unsaturated/α-hetero) is 3. The molecule has 13 atom stereocenters. The summed E-state index contributed by atoms with van der Waals surface area (Å²) >= 11 is 0. The second-order valence-corrected chi connectivity index (χ2v) is 27.5. The minimum absolute atomic E-state index is 0.0535. The third-order valence-electron chi connectivity index (χ3n) is 19.3. The van der Waals surface area contributed by atoms with Gasteiger partial charge in [-0.3, -0.25) is 48.1 Å². The SMILES string of the molecule is CC[C@H](C)C([C@@H](CC(=O)N1CCC[C@H]1[C@@H](OC)[C@@H](C)C(=O)C[C@H](C)[C@@H](O)c1ccccc1)OC)N(C)C(=O)C(CC(=O)C(C(C)C)N(C)C(=O)OCc1ccc(NC(=O)C(CCCNC(N)=O)CC(=O)C(NC(=O)CCCCCN2C(=O)CC(C)C2=O)C(C)C)cc1)C(C)C. The number of nitrogens with one attached hydrogen (secondary N) is 3. The number of rotatable bonds is 41. The fraction of sp³-hybridized carbons (Fsp3) is 0.681. The number of ether oxygens (including phenoxy) is 3. The zero-order valence-corrected chi connectivity index (χ0v) is 59.2. The number of methoxy groups -OCH3 is 2. The zero-order valence-electron chi connectivity index (χ0n) is 59.2. The number of nitrogens with zero attached hydrogens (tertiary/aromatic N) is 4. The first-order chi connectivity index (χ1) is 44.9. The van der Waals surface area contributed by atoms with Crippen LogP contribution in [0.4, 0.5) is 15.3 Å². The first kappa shape index (κ1) is 80.3. The van der Waals surface area contributed by atoms with Crippen molar-refractivity contribution in [3.63, 3.8) is 0 Å². The van der Waals surface area contributed by atoms with Crippen LogP contribution < -0.4 is 21.7 Å². The minimum Gasteiger partial charge on any atom is -0.445 e. The van der Waals surface area contributed by atoms with Crippen LogP contribution in [0, 0.1) is 53.3 Å². The number of unbranched alkanes of at least 4 members (excludes halogenated alkanes) is 2. The van der Waals surface area contributed by atoms with Crippen molar-refractivity contribution >= 4 is 70.6 Å². The van der Waals surface area contributed by atoms with Gasteiger partial charge < -0.3 is 55.7 Å². The van der Waals surface area contributed by atoms with Crippen LogP contribution in [-0.2, 0) is 64.0 Å². The molecule has 2 heterocycles. The van der Waals surface area contributed by atoms with Crippen LogP contribution in [0.2, 0.25) is 0 Å². The first-order valence-electron chi connectivity index (χ1n) is 34.3. The number of imide groups is 1. The summed E-state index contributed by atoms with van der Waals surface area (Å²) in [4.78, 5) is 154. The number of aliphatic hydroxyl groups is 1. The van der Waals surface area contributed by atoms with Crippen molar-refractivity contribution in [2.24, 2.45) is 59.0 Å². The van der Waals surface area contributed by atoms with Crippen molar-refractivity contribution in [2.45, 2.75) is 215 Å². The summed E-state index contributed by atoms with van der Waals surface area (Å²) < 4.78 is 17.9. The van der Waals surface area contributed by atoms with Gasteiger partial charge >= 0.3 is 12.1 Å². The highest BCUT2D eigenvalue weighted by Gasteiger charge is 2.44. The zero-order chi connectivity index (χ0) is 71.0. The molecule has 0 bridgehead atoms. The Bertz CT molecular complexity index is 2870. The lowest BCUT2D eigenvalue weighted by molar-refractivity contribution is -0.149. The molecule has 2 aromatic rings. The smallest absolute Gasteiger partial charge is 0.410 e. The lowest BCUT2D eigenvalue weighted by Gasteiger charge is -2.41. The summed E-state index contributed by atoms with van der Waals surface area (Å²) in [5.41, 5.74) is 6.95. The molecule has 0 aromatic heterocycles. The number of nitrogens with two attached hydrogens (primary N) is 1. The van der Waals surface area contributed by atoms with E-state index in [4.69, 9.17) is 19.9 Å². The van der Waals surface area contributed by atoms with Crippen LogP contribution in [0.3, 0.4) is 0 Å². The lowest BCUT2D eigenvalue weighted by Crippen LogP contribution is -2.54. The van der Waals surface area contributed by atoms with Crippen LogP contribution >= 0.6 is 0 Å². The summed E-state index contributed by atoms with van der Waals surface area (Å²) in [5.74, 6) is -6.43. The quantitative estimate of drug-likeness (QED) is 0.0307. The normalized spacial score (nSPS) is 18.4. The Balaban J connectivity index is 1.37. The van der Waals surface area contributed by atoms with E-state index in [1.54, 1.807) is 69.0 Å². The minimum atomic E-state index is -0.965. The molecule has 2 fully saturated rings. The van der Waals surface area contributed by atoms with Crippen LogP contribution in [-0.4, -0.2) is 174 Å². The molecule has 0 radical (unpaired) electrons. The molecule has 95 heavy (non-hydrogen) atoms. The molecule has 0 spiro atoms. The fourth-order valence-corrected chi connectivity index (χ4v) is 13.4. The molecule has 2 saturated heterocycles. The third-order valence-corrected chi connectivity index (χ3v) is 19.3. The molecule has 2 aromatic carbocycles. The number of carbonyl (C=O) groups excluding carboxylic acids is 11. The van der Waals surface area contributed by atoms with Gasteiger partial charge in [0.1, 0.15) is 12.4 Å². The molecule has 6 unspecified atom stereocenters. The summed E-state index contributed by atoms with van der Waals surface area (Å²) in [6.45, 7) is 21.1. The molecule has 0 aliphatic carbocycles. The van der Waals surface area contributed by atoms with E-state index in [1.807, 2.05) is 85.7 Å². The van der Waals surface area contributed by atoms with E-state index in [0.717, 1.165) is 5.56 Å². The maximum absolute atomic E-state index is 14.9. The standard InChI is InChI=1S/C72H112N8O15/c1-16-46(8)65(59(93-14)41-62(86)79-36-24-28-55(79)67(94-15)49(11)56(81)37-47(9)66(87)51-25-19-17-20-26-51)77(12)70(90)54(43(2)3)40-58(83)64(45(6)7)78(13)72(92)95-42-50-30-32-53(33-31-50)75-68(88)52(27-23-34-74-71(73)91)39-57(82)63(44(4)5)76-60(84)29-21-18-22-35-80-61(85)38-48(10)69(80)89/h17,19-20,25-26,30-33,43-49,52,54-55,59,63-67,87H,16,18,21-24,27-29,34-42H2,1-15H3,(H,75,88)(H,76,84)(H3,73,74,91)/t46-,47-,48?,49-,52?,54?,55-,59+,63?,64?,65?,66+,67-/m0/s1. The number of urea groups is 1. The van der Waals surface area contributed by atoms with Crippen molar-refractivity contribution in [1.29, 1.82) is 0 Å². The second kappa shape index (κ2) is 39.2. The van der Waals surface area contributed by atoms with E-state index in [1.165, 1.54) is 24.0 Å². The monoisotopic (exact) mass is 1330 g/mol. The summed E-state index contributed by atoms with van der Waals surface area (Å²) in [6, 6.07) is 12.2. The molecule has 530 valence electrons. The molecule has 6 N–H and O–H groups in total. The van der Waals surface area contributed by atoms with Crippen molar-refractivity contribution in [1.82, 2.24) is 30.2 Å². The first-order valence-corrected chi connectivity index (χ1v) is 34.3. The number of carbonyl (C=O) groups is 11. The number of likely N-dealkylation sites (tertiary alicyclic amines) is 2. The summed E-state index contributed by atoms with van der Waals surface area (Å²) in [6.07, 6.45) is 1.24. The Labute approximate surface area is 563 Å². The maximum Gasteiger partial charge on any atom is 0.410 e. The van der Waals surface area contributed by atoms with E-state index >= 15 is 0 Å². The Morgan fingerprint density at radius 2 is 1.41 bits per heavy atom.